The molecular weight excluding hydrogens is 372 g/mol. The van der Waals surface area contributed by atoms with Crippen LogP contribution in [0.25, 0.3) is 0 Å². The van der Waals surface area contributed by atoms with Gasteiger partial charge in [-0.2, -0.15) is 0 Å². The van der Waals surface area contributed by atoms with Crippen molar-refractivity contribution < 1.29 is 0 Å². The minimum atomic E-state index is 1.16. The van der Waals surface area contributed by atoms with Gasteiger partial charge in [0.25, 0.3) is 0 Å². The molecule has 2 aromatic rings. The zero-order valence-corrected chi connectivity index (χ0v) is 22.7. The van der Waals surface area contributed by atoms with Crippen molar-refractivity contribution >= 4 is 0 Å². The Balaban J connectivity index is 0.00000102. The van der Waals surface area contributed by atoms with Crippen molar-refractivity contribution in [3.8, 4) is 0 Å². The molecule has 0 saturated carbocycles. The van der Waals surface area contributed by atoms with E-state index in [2.05, 4.69) is 38.1 Å². The Hall–Kier alpha value is -1.56. The van der Waals surface area contributed by atoms with E-state index in [4.69, 9.17) is 0 Å². The van der Waals surface area contributed by atoms with E-state index in [1.807, 2.05) is 55.4 Å². The van der Waals surface area contributed by atoms with Crippen LogP contribution in [-0.4, -0.2) is 0 Å². The lowest BCUT2D eigenvalue weighted by Gasteiger charge is -2.25. The van der Waals surface area contributed by atoms with Gasteiger partial charge in [0.05, 0.1) is 0 Å². The van der Waals surface area contributed by atoms with Crippen LogP contribution < -0.4 is 0 Å². The molecule has 0 saturated heterocycles. The maximum absolute atomic E-state index is 2.39. The van der Waals surface area contributed by atoms with Gasteiger partial charge in [0.15, 0.2) is 0 Å². The highest BCUT2D eigenvalue weighted by Gasteiger charge is 2.19. The summed E-state index contributed by atoms with van der Waals surface area (Å²) in [6, 6.07) is 9.51. The predicted molar refractivity (Wildman–Crippen MR) is 144 cm³/mol. The summed E-state index contributed by atoms with van der Waals surface area (Å²) in [5.41, 5.74) is 12.9. The molecule has 0 fully saturated rings. The van der Waals surface area contributed by atoms with Crippen LogP contribution >= 0.6 is 0 Å². The van der Waals surface area contributed by atoms with Gasteiger partial charge in [-0.1, -0.05) is 79.7 Å². The molecule has 176 valence electrons. The molecule has 0 spiro atoms. The van der Waals surface area contributed by atoms with Crippen molar-refractivity contribution in [1.82, 2.24) is 0 Å². The standard InChI is InChI=1S/C23H28.4C2H6/c1-16-11-13-18-7-3-5-9-20(18)22(16)15-23-17(2)12-14-19-8-4-6-10-21(19)23;4*1-2/h11-14H,3-10,15H2,1-2H3;4*1-2H3. The van der Waals surface area contributed by atoms with Crippen LogP contribution in [0.1, 0.15) is 126 Å². The first kappa shape index (κ1) is 29.4. The molecule has 0 aliphatic heterocycles. The number of rotatable bonds is 2. The molecular formula is C31H52. The summed E-state index contributed by atoms with van der Waals surface area (Å²) in [5.74, 6) is 0. The SMILES string of the molecule is CC.CC.CC.CC.Cc1ccc2c(c1Cc1c(C)ccc3c1CCCC3)CCCC2. The summed E-state index contributed by atoms with van der Waals surface area (Å²) in [5, 5.41) is 0. The summed E-state index contributed by atoms with van der Waals surface area (Å²) in [7, 11) is 0. The Labute approximate surface area is 195 Å². The largest absolute Gasteiger partial charge is 0.0683 e. The molecule has 4 rings (SSSR count). The van der Waals surface area contributed by atoms with Gasteiger partial charge in [-0.15, -0.1) is 0 Å². The first-order chi connectivity index (χ1) is 15.2. The minimum Gasteiger partial charge on any atom is -0.0683 e. The van der Waals surface area contributed by atoms with Crippen molar-refractivity contribution in [3.05, 3.63) is 68.8 Å². The molecule has 31 heavy (non-hydrogen) atoms. The van der Waals surface area contributed by atoms with Crippen LogP contribution in [0.2, 0.25) is 0 Å². The highest BCUT2D eigenvalue weighted by molar-refractivity contribution is 5.49. The fraction of sp³-hybridized carbons (Fsp3) is 0.613. The van der Waals surface area contributed by atoms with Crippen LogP contribution in [0.5, 0.6) is 0 Å². The van der Waals surface area contributed by atoms with Crippen molar-refractivity contribution in [2.75, 3.05) is 0 Å². The van der Waals surface area contributed by atoms with Crippen molar-refractivity contribution in [1.29, 1.82) is 0 Å². The molecule has 0 unspecified atom stereocenters. The number of aryl methyl sites for hydroxylation is 4. The van der Waals surface area contributed by atoms with Crippen molar-refractivity contribution in [2.24, 2.45) is 0 Å². The van der Waals surface area contributed by atoms with Crippen molar-refractivity contribution in [3.63, 3.8) is 0 Å². The van der Waals surface area contributed by atoms with Crippen molar-refractivity contribution in [2.45, 2.75) is 127 Å². The second kappa shape index (κ2) is 17.0. The smallest absolute Gasteiger partial charge is 0.00149 e. The Bertz CT molecular complexity index is 673. The van der Waals surface area contributed by atoms with Gasteiger partial charge in [-0.05, 0) is 116 Å². The third-order valence-electron chi connectivity index (χ3n) is 6.12. The molecule has 0 heteroatoms. The van der Waals surface area contributed by atoms with Crippen LogP contribution in [0.15, 0.2) is 24.3 Å². The molecule has 0 N–H and O–H groups in total. The summed E-state index contributed by atoms with van der Waals surface area (Å²) in [6.07, 6.45) is 11.8. The number of hydrogen-bond acceptors (Lipinski definition) is 0. The average Bonchev–Trinajstić information content (AvgIpc) is 2.87. The van der Waals surface area contributed by atoms with Gasteiger partial charge in [0, 0.05) is 0 Å². The molecule has 0 amide bonds. The molecule has 0 atom stereocenters. The minimum absolute atomic E-state index is 1.16. The Morgan fingerprint density at radius 3 is 1.16 bits per heavy atom. The van der Waals surface area contributed by atoms with Gasteiger partial charge in [0.1, 0.15) is 0 Å². The van der Waals surface area contributed by atoms with Gasteiger partial charge >= 0.3 is 0 Å². The fourth-order valence-electron chi connectivity index (χ4n) is 4.71. The zero-order chi connectivity index (χ0) is 23.8. The molecule has 2 aliphatic rings. The van der Waals surface area contributed by atoms with E-state index in [0.29, 0.717) is 0 Å². The fourth-order valence-corrected chi connectivity index (χ4v) is 4.71. The molecule has 0 heterocycles. The molecule has 2 aromatic carbocycles. The molecule has 0 radical (unpaired) electrons. The molecule has 0 nitrogen and oxygen atoms in total. The first-order valence-electron chi connectivity index (χ1n) is 13.4. The zero-order valence-electron chi connectivity index (χ0n) is 22.7. The number of benzene rings is 2. The first-order valence-corrected chi connectivity index (χ1v) is 13.4. The normalized spacial score (nSPS) is 13.2. The predicted octanol–water partition coefficient (Wildman–Crippen LogP) is 9.76. The summed E-state index contributed by atoms with van der Waals surface area (Å²) in [6.45, 7) is 20.6. The summed E-state index contributed by atoms with van der Waals surface area (Å²) < 4.78 is 0. The van der Waals surface area contributed by atoms with Crippen LogP contribution in [0.4, 0.5) is 0 Å². The van der Waals surface area contributed by atoms with E-state index < -0.39 is 0 Å². The van der Waals surface area contributed by atoms with E-state index in [1.165, 1.54) is 62.5 Å². The van der Waals surface area contributed by atoms with E-state index in [-0.39, 0.29) is 0 Å². The lowest BCUT2D eigenvalue weighted by Crippen LogP contribution is -2.12. The van der Waals surface area contributed by atoms with E-state index in [9.17, 15) is 0 Å². The van der Waals surface area contributed by atoms with E-state index in [1.54, 1.807) is 33.4 Å². The highest BCUT2D eigenvalue weighted by atomic mass is 14.2. The van der Waals surface area contributed by atoms with Gasteiger partial charge < -0.3 is 0 Å². The third-order valence-corrected chi connectivity index (χ3v) is 6.12. The van der Waals surface area contributed by atoms with Gasteiger partial charge in [-0.3, -0.25) is 0 Å². The Kier molecular flexibility index (Phi) is 16.2. The third kappa shape index (κ3) is 7.81. The maximum atomic E-state index is 2.39. The van der Waals surface area contributed by atoms with Gasteiger partial charge in [0.2, 0.25) is 0 Å². The average molecular weight is 425 g/mol. The monoisotopic (exact) mass is 424 g/mol. The van der Waals surface area contributed by atoms with E-state index >= 15 is 0 Å². The molecule has 0 bridgehead atoms. The maximum Gasteiger partial charge on any atom is -0.00149 e. The highest BCUT2D eigenvalue weighted by Crippen LogP contribution is 2.33. The second-order valence-electron chi connectivity index (χ2n) is 7.59. The summed E-state index contributed by atoms with van der Waals surface area (Å²) >= 11 is 0. The molecule has 0 aromatic heterocycles. The topological polar surface area (TPSA) is 0 Å². The quantitative estimate of drug-likeness (QED) is 0.450. The van der Waals surface area contributed by atoms with E-state index in [0.717, 1.165) is 6.42 Å². The van der Waals surface area contributed by atoms with Crippen LogP contribution in [0, 0.1) is 13.8 Å². The Morgan fingerprint density at radius 1 is 0.484 bits per heavy atom. The van der Waals surface area contributed by atoms with Crippen LogP contribution in [0.3, 0.4) is 0 Å². The van der Waals surface area contributed by atoms with Gasteiger partial charge in [-0.25, -0.2) is 0 Å². The lowest BCUT2D eigenvalue weighted by atomic mass is 9.80. The number of hydrogen-bond donors (Lipinski definition) is 0. The lowest BCUT2D eigenvalue weighted by molar-refractivity contribution is 0.671. The number of fused-ring (bicyclic) bond motifs is 2. The van der Waals surface area contributed by atoms with Crippen LogP contribution in [-0.2, 0) is 32.1 Å². The summed E-state index contributed by atoms with van der Waals surface area (Å²) in [4.78, 5) is 0. The second-order valence-corrected chi connectivity index (χ2v) is 7.59. The molecule has 2 aliphatic carbocycles. The Morgan fingerprint density at radius 2 is 0.806 bits per heavy atom.